The number of esters is 2. The first-order valence-electron chi connectivity index (χ1n) is 13.4. The van der Waals surface area contributed by atoms with E-state index in [4.69, 9.17) is 18.9 Å². The van der Waals surface area contributed by atoms with E-state index < -0.39 is 34.7 Å². The van der Waals surface area contributed by atoms with Crippen molar-refractivity contribution in [2.24, 2.45) is 0 Å². The van der Waals surface area contributed by atoms with Gasteiger partial charge < -0.3 is 24.3 Å². The molecule has 0 radical (unpaired) electrons. The summed E-state index contributed by atoms with van der Waals surface area (Å²) in [6, 6.07) is 24.9. The summed E-state index contributed by atoms with van der Waals surface area (Å²) in [5.41, 5.74) is 3.02. The molecule has 0 aliphatic carbocycles. The lowest BCUT2D eigenvalue weighted by atomic mass is 9.80. The third-order valence-electron chi connectivity index (χ3n) is 7.31. The van der Waals surface area contributed by atoms with Crippen LogP contribution in [-0.4, -0.2) is 43.3 Å². The van der Waals surface area contributed by atoms with E-state index in [1.165, 1.54) is 25.3 Å². The standard InChI is InChI=1S/C32H30N2O8/c1-20-27(30(35)39-3)29(22-11-10-16-25(17-22)34(37)38)28(21(2)33-20)31(36)40-18-26-19-41-32(42-26,23-12-6-4-7-13-23)24-14-8-5-9-15-24/h4-17,26,29,33H,18-19H2,1-3H3. The van der Waals surface area contributed by atoms with Crippen molar-refractivity contribution in [3.63, 3.8) is 0 Å². The molecule has 1 saturated heterocycles. The van der Waals surface area contributed by atoms with Gasteiger partial charge in [-0.15, -0.1) is 0 Å². The van der Waals surface area contributed by atoms with Gasteiger partial charge in [0.1, 0.15) is 12.7 Å². The molecule has 2 aliphatic heterocycles. The quantitative estimate of drug-likeness (QED) is 0.229. The number of carbonyl (C=O) groups is 2. The van der Waals surface area contributed by atoms with Gasteiger partial charge in [-0.05, 0) is 19.4 Å². The number of non-ortho nitro benzene ring substituents is 1. The number of nitro groups is 1. The van der Waals surface area contributed by atoms with Crippen molar-refractivity contribution in [1.29, 1.82) is 0 Å². The maximum Gasteiger partial charge on any atom is 0.336 e. The third kappa shape index (κ3) is 5.41. The zero-order chi connectivity index (χ0) is 29.9. The first kappa shape index (κ1) is 28.7. The number of benzene rings is 3. The molecule has 0 saturated carbocycles. The second-order valence-corrected chi connectivity index (χ2v) is 9.98. The largest absolute Gasteiger partial charge is 0.466 e. The molecule has 10 nitrogen and oxygen atoms in total. The molecule has 2 aliphatic rings. The van der Waals surface area contributed by atoms with Crippen LogP contribution in [0.3, 0.4) is 0 Å². The lowest BCUT2D eigenvalue weighted by Crippen LogP contribution is -2.34. The predicted molar refractivity (Wildman–Crippen MR) is 152 cm³/mol. The van der Waals surface area contributed by atoms with E-state index in [-0.39, 0.29) is 30.0 Å². The molecule has 0 amide bonds. The maximum absolute atomic E-state index is 13.7. The van der Waals surface area contributed by atoms with Gasteiger partial charge in [-0.1, -0.05) is 72.8 Å². The Morgan fingerprint density at radius 2 is 1.52 bits per heavy atom. The third-order valence-corrected chi connectivity index (χ3v) is 7.31. The lowest BCUT2D eigenvalue weighted by Gasteiger charge is -2.30. The van der Waals surface area contributed by atoms with Gasteiger partial charge in [-0.2, -0.15) is 0 Å². The summed E-state index contributed by atoms with van der Waals surface area (Å²) in [6.45, 7) is 3.39. The molecule has 2 atom stereocenters. The van der Waals surface area contributed by atoms with E-state index in [0.717, 1.165) is 11.1 Å². The highest BCUT2D eigenvalue weighted by Gasteiger charge is 2.46. The lowest BCUT2D eigenvalue weighted by molar-refractivity contribution is -0.384. The smallest absolute Gasteiger partial charge is 0.336 e. The van der Waals surface area contributed by atoms with Crippen LogP contribution >= 0.6 is 0 Å². The van der Waals surface area contributed by atoms with Crippen LogP contribution in [0.4, 0.5) is 5.69 Å². The number of rotatable bonds is 8. The fourth-order valence-electron chi connectivity index (χ4n) is 5.42. The van der Waals surface area contributed by atoms with Crippen LogP contribution in [0.1, 0.15) is 36.5 Å². The summed E-state index contributed by atoms with van der Waals surface area (Å²) >= 11 is 0. The van der Waals surface area contributed by atoms with Crippen LogP contribution in [-0.2, 0) is 34.3 Å². The number of hydrogen-bond acceptors (Lipinski definition) is 9. The van der Waals surface area contributed by atoms with Crippen LogP contribution in [0.15, 0.2) is 107 Å². The Labute approximate surface area is 242 Å². The molecule has 0 aromatic heterocycles. The summed E-state index contributed by atoms with van der Waals surface area (Å²) in [5, 5.41) is 14.6. The van der Waals surface area contributed by atoms with Crippen molar-refractivity contribution in [3.05, 3.63) is 134 Å². The monoisotopic (exact) mass is 570 g/mol. The van der Waals surface area contributed by atoms with Crippen LogP contribution < -0.4 is 5.32 Å². The van der Waals surface area contributed by atoms with E-state index in [0.29, 0.717) is 17.0 Å². The molecule has 1 fully saturated rings. The molecule has 5 rings (SSSR count). The summed E-state index contributed by atoms with van der Waals surface area (Å²) in [7, 11) is 1.24. The number of nitrogens with zero attached hydrogens (tertiary/aromatic N) is 1. The van der Waals surface area contributed by atoms with Gasteiger partial charge in [-0.3, -0.25) is 10.1 Å². The molecule has 2 unspecified atom stereocenters. The highest BCUT2D eigenvalue weighted by atomic mass is 16.8. The van der Waals surface area contributed by atoms with Gasteiger partial charge in [0.05, 0.1) is 35.7 Å². The number of nitrogens with one attached hydrogen (secondary N) is 1. The van der Waals surface area contributed by atoms with E-state index in [1.807, 2.05) is 60.7 Å². The molecule has 2 heterocycles. The average Bonchev–Trinajstić information content (AvgIpc) is 3.45. The van der Waals surface area contributed by atoms with Gasteiger partial charge in [0.15, 0.2) is 0 Å². The SMILES string of the molecule is COC(=O)C1=C(C)NC(C)=C(C(=O)OCC2COC(c3ccccc3)(c3ccccc3)O2)C1c1cccc([N+](=O)[O-])c1. The fraction of sp³-hybridized carbons (Fsp3) is 0.250. The minimum Gasteiger partial charge on any atom is -0.466 e. The number of nitro benzene ring substituents is 1. The number of dihydropyridines is 1. The zero-order valence-corrected chi connectivity index (χ0v) is 23.4. The Bertz CT molecular complexity index is 1530. The number of carbonyl (C=O) groups excluding carboxylic acids is 2. The highest BCUT2D eigenvalue weighted by Crippen LogP contribution is 2.42. The Hall–Kier alpha value is -4.80. The van der Waals surface area contributed by atoms with Crippen LogP contribution in [0.2, 0.25) is 0 Å². The first-order valence-corrected chi connectivity index (χ1v) is 13.4. The minimum atomic E-state index is -1.18. The molecule has 42 heavy (non-hydrogen) atoms. The predicted octanol–water partition coefficient (Wildman–Crippen LogP) is 4.86. The second-order valence-electron chi connectivity index (χ2n) is 9.98. The number of hydrogen-bond donors (Lipinski definition) is 1. The molecule has 1 N–H and O–H groups in total. The molecule has 0 bridgehead atoms. The number of methoxy groups -OCH3 is 1. The molecule has 3 aromatic carbocycles. The summed E-state index contributed by atoms with van der Waals surface area (Å²) in [5.74, 6) is -3.51. The van der Waals surface area contributed by atoms with Crippen LogP contribution in [0.25, 0.3) is 0 Å². The number of allylic oxidation sites excluding steroid dienone is 2. The summed E-state index contributed by atoms with van der Waals surface area (Å²) in [6.07, 6.45) is -0.597. The van der Waals surface area contributed by atoms with E-state index in [1.54, 1.807) is 19.9 Å². The average molecular weight is 571 g/mol. The van der Waals surface area contributed by atoms with Crippen LogP contribution in [0.5, 0.6) is 0 Å². The van der Waals surface area contributed by atoms with Crippen LogP contribution in [0, 0.1) is 10.1 Å². The normalized spacial score (nSPS) is 19.7. The highest BCUT2D eigenvalue weighted by molar-refractivity contribution is 5.99. The Kier molecular flexibility index (Phi) is 8.19. The molecule has 3 aromatic rings. The van der Waals surface area contributed by atoms with E-state index in [9.17, 15) is 19.7 Å². The molecule has 216 valence electrons. The summed E-state index contributed by atoms with van der Waals surface area (Å²) in [4.78, 5) is 37.6. The van der Waals surface area contributed by atoms with Gasteiger partial charge in [0.2, 0.25) is 5.79 Å². The minimum absolute atomic E-state index is 0.130. The van der Waals surface area contributed by atoms with Crippen molar-refractivity contribution >= 4 is 17.6 Å². The van der Waals surface area contributed by atoms with E-state index in [2.05, 4.69) is 5.32 Å². The molecule has 10 heteroatoms. The van der Waals surface area contributed by atoms with Crippen molar-refractivity contribution in [2.45, 2.75) is 31.7 Å². The van der Waals surface area contributed by atoms with Crippen molar-refractivity contribution in [3.8, 4) is 0 Å². The molecular formula is C32H30N2O8. The zero-order valence-electron chi connectivity index (χ0n) is 23.4. The fourth-order valence-corrected chi connectivity index (χ4v) is 5.42. The maximum atomic E-state index is 13.7. The number of ether oxygens (including phenoxy) is 4. The second kappa shape index (κ2) is 12.0. The Balaban J connectivity index is 1.42. The van der Waals surface area contributed by atoms with Gasteiger partial charge in [-0.25, -0.2) is 9.59 Å². The summed E-state index contributed by atoms with van der Waals surface area (Å²) < 4.78 is 23.5. The van der Waals surface area contributed by atoms with Crippen molar-refractivity contribution in [2.75, 3.05) is 20.3 Å². The van der Waals surface area contributed by atoms with Crippen molar-refractivity contribution in [1.82, 2.24) is 5.32 Å². The van der Waals surface area contributed by atoms with Gasteiger partial charge in [0, 0.05) is 34.7 Å². The molecule has 0 spiro atoms. The van der Waals surface area contributed by atoms with Gasteiger partial charge >= 0.3 is 11.9 Å². The first-order chi connectivity index (χ1) is 20.2. The van der Waals surface area contributed by atoms with Gasteiger partial charge in [0.25, 0.3) is 5.69 Å². The van der Waals surface area contributed by atoms with E-state index >= 15 is 0 Å². The topological polar surface area (TPSA) is 126 Å². The molecular weight excluding hydrogens is 540 g/mol. The Morgan fingerprint density at radius 1 is 0.929 bits per heavy atom. The Morgan fingerprint density at radius 3 is 2.10 bits per heavy atom. The van der Waals surface area contributed by atoms with Crippen molar-refractivity contribution < 1.29 is 33.5 Å².